The Hall–Kier alpha value is -2.98. The lowest BCUT2D eigenvalue weighted by molar-refractivity contribution is -0.137. The molecule has 5 nitrogen and oxygen atoms in total. The third kappa shape index (κ3) is 6.08. The van der Waals surface area contributed by atoms with Crippen LogP contribution in [0.5, 0.6) is 0 Å². The zero-order valence-electron chi connectivity index (χ0n) is 17.6. The van der Waals surface area contributed by atoms with Gasteiger partial charge in [0.25, 0.3) is 10.0 Å². The maximum Gasteiger partial charge on any atom is 0.416 e. The summed E-state index contributed by atoms with van der Waals surface area (Å²) >= 11 is 1.41. The van der Waals surface area contributed by atoms with E-state index < -0.39 is 27.7 Å². The summed E-state index contributed by atoms with van der Waals surface area (Å²) in [6, 6.07) is 13.9. The smallest absolute Gasteiger partial charge is 0.416 e. The Morgan fingerprint density at radius 1 is 0.970 bits per heavy atom. The highest BCUT2D eigenvalue weighted by atomic mass is 32.2. The van der Waals surface area contributed by atoms with E-state index in [1.807, 2.05) is 0 Å². The van der Waals surface area contributed by atoms with Crippen LogP contribution in [-0.2, 0) is 22.0 Å². The van der Waals surface area contributed by atoms with Gasteiger partial charge in [-0.05, 0) is 73.0 Å². The zero-order chi connectivity index (χ0) is 24.4. The van der Waals surface area contributed by atoms with E-state index in [0.717, 1.165) is 28.7 Å². The number of sulfonamides is 1. The number of alkyl halides is 3. The van der Waals surface area contributed by atoms with Gasteiger partial charge in [0.1, 0.15) is 0 Å². The number of anilines is 1. The standard InChI is InChI=1S/C23H20F3NO4S2/c1-14-3-9-19(12-20(14)22(28)29)33(30,31)27-21-10-8-18(11-15(21)2)32-13-16-4-6-17(7-5-16)23(24,25)26/h3-12,27H,13H2,1-2H3,(H,28,29). The van der Waals surface area contributed by atoms with E-state index in [1.54, 1.807) is 32.0 Å². The Balaban J connectivity index is 1.72. The molecule has 0 amide bonds. The number of aromatic carboxylic acids is 1. The summed E-state index contributed by atoms with van der Waals surface area (Å²) in [6.45, 7) is 3.30. The van der Waals surface area contributed by atoms with Crippen molar-refractivity contribution in [3.8, 4) is 0 Å². The second-order valence-corrected chi connectivity index (χ2v) is 10.1. The number of carbonyl (C=O) groups is 1. The second kappa shape index (κ2) is 9.48. The number of thioether (sulfide) groups is 1. The van der Waals surface area contributed by atoms with Gasteiger partial charge in [0.2, 0.25) is 0 Å². The number of carboxylic acid groups (broad SMARTS) is 1. The molecule has 0 spiro atoms. The molecule has 0 aliphatic carbocycles. The molecule has 0 heterocycles. The SMILES string of the molecule is Cc1cc(SCc2ccc(C(F)(F)F)cc2)ccc1NS(=O)(=O)c1ccc(C)c(C(=O)O)c1. The molecule has 10 heteroatoms. The number of carboxylic acids is 1. The lowest BCUT2D eigenvalue weighted by atomic mass is 10.1. The fourth-order valence-corrected chi connectivity index (χ4v) is 5.11. The van der Waals surface area contributed by atoms with E-state index in [0.29, 0.717) is 22.6 Å². The van der Waals surface area contributed by atoms with Gasteiger partial charge in [-0.3, -0.25) is 4.72 Å². The van der Waals surface area contributed by atoms with Crippen LogP contribution in [0.15, 0.2) is 70.5 Å². The monoisotopic (exact) mass is 495 g/mol. The summed E-state index contributed by atoms with van der Waals surface area (Å²) in [5, 5.41) is 9.23. The van der Waals surface area contributed by atoms with Crippen molar-refractivity contribution in [1.82, 2.24) is 0 Å². The number of halogens is 3. The summed E-state index contributed by atoms with van der Waals surface area (Å²) in [6.07, 6.45) is -4.38. The Morgan fingerprint density at radius 2 is 1.64 bits per heavy atom. The van der Waals surface area contributed by atoms with Gasteiger partial charge in [-0.15, -0.1) is 11.8 Å². The van der Waals surface area contributed by atoms with Crippen LogP contribution in [-0.4, -0.2) is 19.5 Å². The van der Waals surface area contributed by atoms with Gasteiger partial charge >= 0.3 is 12.1 Å². The number of benzene rings is 3. The quantitative estimate of drug-likeness (QED) is 0.386. The normalized spacial score (nSPS) is 11.9. The molecule has 174 valence electrons. The van der Waals surface area contributed by atoms with Gasteiger partial charge in [-0.25, -0.2) is 13.2 Å². The van der Waals surface area contributed by atoms with Crippen molar-refractivity contribution < 1.29 is 31.5 Å². The highest BCUT2D eigenvalue weighted by Crippen LogP contribution is 2.31. The number of rotatable bonds is 7. The topological polar surface area (TPSA) is 83.5 Å². The van der Waals surface area contributed by atoms with Crippen LogP contribution in [0.2, 0.25) is 0 Å². The first kappa shape index (κ1) is 24.7. The highest BCUT2D eigenvalue weighted by Gasteiger charge is 2.29. The van der Waals surface area contributed by atoms with Crippen molar-refractivity contribution in [2.45, 2.75) is 35.6 Å². The van der Waals surface area contributed by atoms with Crippen LogP contribution < -0.4 is 4.72 Å². The lowest BCUT2D eigenvalue weighted by Crippen LogP contribution is -2.15. The van der Waals surface area contributed by atoms with E-state index in [1.165, 1.54) is 36.0 Å². The molecular weight excluding hydrogens is 475 g/mol. The Bertz CT molecular complexity index is 1290. The highest BCUT2D eigenvalue weighted by molar-refractivity contribution is 7.98. The van der Waals surface area contributed by atoms with Gasteiger partial charge in [-0.1, -0.05) is 18.2 Å². The summed E-state index contributed by atoms with van der Waals surface area (Å²) in [4.78, 5) is 12.0. The lowest BCUT2D eigenvalue weighted by Gasteiger charge is -2.13. The van der Waals surface area contributed by atoms with Gasteiger partial charge in [0.05, 0.1) is 21.7 Å². The fourth-order valence-electron chi connectivity index (χ4n) is 3.00. The zero-order valence-corrected chi connectivity index (χ0v) is 19.2. The summed E-state index contributed by atoms with van der Waals surface area (Å²) in [5.74, 6) is -0.764. The first-order valence-electron chi connectivity index (χ1n) is 9.63. The first-order valence-corrected chi connectivity index (χ1v) is 12.1. The minimum Gasteiger partial charge on any atom is -0.478 e. The maximum absolute atomic E-state index is 12.7. The molecule has 0 saturated heterocycles. The van der Waals surface area contributed by atoms with E-state index in [9.17, 15) is 31.5 Å². The Morgan fingerprint density at radius 3 is 2.21 bits per heavy atom. The minimum absolute atomic E-state index is 0.0930. The molecule has 0 aliphatic rings. The molecule has 0 bridgehead atoms. The van der Waals surface area contributed by atoms with Crippen molar-refractivity contribution in [3.63, 3.8) is 0 Å². The largest absolute Gasteiger partial charge is 0.478 e. The summed E-state index contributed by atoms with van der Waals surface area (Å²) in [5.41, 5.74) is 1.36. The van der Waals surface area contributed by atoms with E-state index in [-0.39, 0.29) is 10.5 Å². The first-order chi connectivity index (χ1) is 15.4. The molecule has 0 unspecified atom stereocenters. The minimum atomic E-state index is -4.38. The average molecular weight is 496 g/mol. The number of hydrogen-bond donors (Lipinski definition) is 2. The predicted molar refractivity (Wildman–Crippen MR) is 121 cm³/mol. The van der Waals surface area contributed by atoms with Crippen LogP contribution in [0, 0.1) is 13.8 Å². The molecule has 2 N–H and O–H groups in total. The summed E-state index contributed by atoms with van der Waals surface area (Å²) in [7, 11) is -4.00. The maximum atomic E-state index is 12.7. The predicted octanol–water partition coefficient (Wildman–Crippen LogP) is 6.11. The molecule has 0 saturated carbocycles. The van der Waals surface area contributed by atoms with Crippen molar-refractivity contribution in [2.24, 2.45) is 0 Å². The average Bonchev–Trinajstić information content (AvgIpc) is 2.73. The van der Waals surface area contributed by atoms with Crippen LogP contribution in [0.1, 0.15) is 32.6 Å². The van der Waals surface area contributed by atoms with Crippen LogP contribution in [0.3, 0.4) is 0 Å². The van der Waals surface area contributed by atoms with Gasteiger partial charge in [0, 0.05) is 10.6 Å². The molecule has 0 aliphatic heterocycles. The van der Waals surface area contributed by atoms with Crippen molar-refractivity contribution in [1.29, 1.82) is 0 Å². The second-order valence-electron chi connectivity index (χ2n) is 7.35. The third-order valence-electron chi connectivity index (χ3n) is 4.88. The summed E-state index contributed by atoms with van der Waals surface area (Å²) < 4.78 is 66.0. The molecule has 0 fully saturated rings. The number of nitrogens with one attached hydrogen (secondary N) is 1. The van der Waals surface area contributed by atoms with E-state index in [4.69, 9.17) is 0 Å². The molecule has 3 aromatic carbocycles. The van der Waals surface area contributed by atoms with Gasteiger partial charge in [0.15, 0.2) is 0 Å². The molecule has 0 aromatic heterocycles. The molecule has 0 atom stereocenters. The van der Waals surface area contributed by atoms with Crippen LogP contribution in [0.25, 0.3) is 0 Å². The van der Waals surface area contributed by atoms with E-state index >= 15 is 0 Å². The third-order valence-corrected chi connectivity index (χ3v) is 7.31. The Labute approximate surface area is 193 Å². The van der Waals surface area contributed by atoms with Crippen molar-refractivity contribution >= 4 is 33.4 Å². The van der Waals surface area contributed by atoms with E-state index in [2.05, 4.69) is 4.72 Å². The van der Waals surface area contributed by atoms with Gasteiger partial charge in [-0.2, -0.15) is 13.2 Å². The van der Waals surface area contributed by atoms with Crippen molar-refractivity contribution in [3.05, 3.63) is 88.5 Å². The van der Waals surface area contributed by atoms with Gasteiger partial charge < -0.3 is 5.11 Å². The molecule has 0 radical (unpaired) electrons. The molecular formula is C23H20F3NO4S2. The number of hydrogen-bond acceptors (Lipinski definition) is 4. The Kier molecular flexibility index (Phi) is 7.08. The fraction of sp³-hybridized carbons (Fsp3) is 0.174. The molecule has 3 aromatic rings. The van der Waals surface area contributed by atoms with Crippen LogP contribution in [0.4, 0.5) is 18.9 Å². The molecule has 33 heavy (non-hydrogen) atoms. The molecule has 3 rings (SSSR count). The van der Waals surface area contributed by atoms with Crippen LogP contribution >= 0.6 is 11.8 Å². The van der Waals surface area contributed by atoms with Crippen molar-refractivity contribution in [2.75, 3.05) is 4.72 Å². The number of aryl methyl sites for hydroxylation is 2.